The smallest absolute Gasteiger partial charge is 0.308 e. The third-order valence-corrected chi connectivity index (χ3v) is 7.93. The average Bonchev–Trinajstić information content (AvgIpc) is 3.27. The van der Waals surface area contributed by atoms with E-state index in [4.69, 9.17) is 4.74 Å². The molecule has 6 rings (SSSR count). The standard InChI is InChI=1S/C30H24BrNO3/c1-16-13-23-28(22-15-32(29(34)26(16)22)19-11-9-18(31)10-12-19)27-21-8-6-5-7-20(21)25(35-17(2)33)14-24(27)30(23,3)4/h5-14H,15H2,1-4H3. The van der Waals surface area contributed by atoms with Gasteiger partial charge in [0.05, 0.1) is 6.54 Å². The predicted molar refractivity (Wildman–Crippen MR) is 142 cm³/mol. The zero-order valence-corrected chi connectivity index (χ0v) is 21.6. The van der Waals surface area contributed by atoms with Crippen molar-refractivity contribution >= 4 is 44.3 Å². The van der Waals surface area contributed by atoms with Crippen LogP contribution in [0.1, 0.15) is 53.4 Å². The van der Waals surface area contributed by atoms with Crippen molar-refractivity contribution in [2.45, 2.75) is 39.7 Å². The number of amides is 1. The van der Waals surface area contributed by atoms with Crippen LogP contribution in [0.25, 0.3) is 21.9 Å². The molecular formula is C30H24BrNO3. The fourth-order valence-corrected chi connectivity index (χ4v) is 6.07. The van der Waals surface area contributed by atoms with Crippen molar-refractivity contribution < 1.29 is 14.3 Å². The number of fused-ring (bicyclic) bond motifs is 7. The summed E-state index contributed by atoms with van der Waals surface area (Å²) < 4.78 is 6.64. The average molecular weight is 526 g/mol. The Morgan fingerprint density at radius 2 is 1.60 bits per heavy atom. The Kier molecular flexibility index (Phi) is 4.74. The van der Waals surface area contributed by atoms with Gasteiger partial charge in [-0.15, -0.1) is 0 Å². The summed E-state index contributed by atoms with van der Waals surface area (Å²) in [4.78, 5) is 27.4. The first-order chi connectivity index (χ1) is 16.7. The number of ether oxygens (including phenoxy) is 1. The summed E-state index contributed by atoms with van der Waals surface area (Å²) >= 11 is 3.49. The molecule has 1 heterocycles. The van der Waals surface area contributed by atoms with Crippen molar-refractivity contribution in [2.75, 3.05) is 4.90 Å². The Labute approximate surface area is 212 Å². The highest BCUT2D eigenvalue weighted by Gasteiger charge is 2.43. The van der Waals surface area contributed by atoms with E-state index in [9.17, 15) is 9.59 Å². The van der Waals surface area contributed by atoms with Crippen LogP contribution >= 0.6 is 15.9 Å². The van der Waals surface area contributed by atoms with Crippen molar-refractivity contribution in [1.29, 1.82) is 0 Å². The zero-order valence-electron chi connectivity index (χ0n) is 20.0. The first-order valence-electron chi connectivity index (χ1n) is 11.7. The number of hydrogen-bond acceptors (Lipinski definition) is 3. The summed E-state index contributed by atoms with van der Waals surface area (Å²) in [5.41, 5.74) is 8.04. The molecule has 0 fully saturated rings. The van der Waals surface area contributed by atoms with Gasteiger partial charge in [-0.25, -0.2) is 0 Å². The molecule has 35 heavy (non-hydrogen) atoms. The van der Waals surface area contributed by atoms with Crippen molar-refractivity contribution in [1.82, 2.24) is 0 Å². The second-order valence-corrected chi connectivity index (χ2v) is 10.8. The molecular weight excluding hydrogens is 502 g/mol. The summed E-state index contributed by atoms with van der Waals surface area (Å²) in [5, 5.41) is 1.93. The molecule has 0 N–H and O–H groups in total. The fourth-order valence-electron chi connectivity index (χ4n) is 5.80. The van der Waals surface area contributed by atoms with Gasteiger partial charge in [-0.05, 0) is 76.0 Å². The summed E-state index contributed by atoms with van der Waals surface area (Å²) in [6.45, 7) is 8.40. The molecule has 1 aliphatic carbocycles. The van der Waals surface area contributed by atoms with Gasteiger partial charge >= 0.3 is 5.97 Å². The van der Waals surface area contributed by atoms with Crippen LogP contribution in [0, 0.1) is 6.92 Å². The van der Waals surface area contributed by atoms with Crippen molar-refractivity contribution in [2.24, 2.45) is 0 Å². The van der Waals surface area contributed by atoms with E-state index in [1.807, 2.05) is 60.4 Å². The third kappa shape index (κ3) is 3.11. The molecule has 1 amide bonds. The first kappa shape index (κ1) is 22.1. The summed E-state index contributed by atoms with van der Waals surface area (Å²) in [6.07, 6.45) is 0. The number of carbonyl (C=O) groups excluding carboxylic acids is 2. The molecule has 0 saturated heterocycles. The Morgan fingerprint density at radius 3 is 2.29 bits per heavy atom. The minimum absolute atomic E-state index is 0.0368. The normalized spacial score (nSPS) is 15.2. The lowest BCUT2D eigenvalue weighted by Crippen LogP contribution is -2.23. The SMILES string of the molecule is CC(=O)Oc1cc2c(c3ccccc13)-c1c(cc(C)c3c1CN(c1ccc(Br)cc1)C3=O)C2(C)C. The lowest BCUT2D eigenvalue weighted by Gasteiger charge is -2.23. The second kappa shape index (κ2) is 7.53. The van der Waals surface area contributed by atoms with Crippen LogP contribution in [0.15, 0.2) is 65.1 Å². The number of nitrogens with zero attached hydrogens (tertiary/aromatic N) is 1. The Morgan fingerprint density at radius 1 is 0.943 bits per heavy atom. The van der Waals surface area contributed by atoms with Crippen molar-refractivity contribution in [3.05, 3.63) is 93.0 Å². The third-order valence-electron chi connectivity index (χ3n) is 7.40. The monoisotopic (exact) mass is 525 g/mol. The molecule has 0 bridgehead atoms. The van der Waals surface area contributed by atoms with Crippen LogP contribution in [0.3, 0.4) is 0 Å². The number of hydrogen-bond donors (Lipinski definition) is 0. The molecule has 4 aromatic carbocycles. The van der Waals surface area contributed by atoms with E-state index in [-0.39, 0.29) is 17.3 Å². The van der Waals surface area contributed by atoms with Gasteiger partial charge in [-0.1, -0.05) is 60.1 Å². The molecule has 174 valence electrons. The maximum Gasteiger partial charge on any atom is 0.308 e. The van der Waals surface area contributed by atoms with E-state index in [1.54, 1.807) is 0 Å². The van der Waals surface area contributed by atoms with Crippen LogP contribution in [-0.4, -0.2) is 11.9 Å². The predicted octanol–water partition coefficient (Wildman–Crippen LogP) is 7.30. The van der Waals surface area contributed by atoms with Crippen molar-refractivity contribution in [3.63, 3.8) is 0 Å². The van der Waals surface area contributed by atoms with Crippen LogP contribution in [0.4, 0.5) is 5.69 Å². The topological polar surface area (TPSA) is 46.6 Å². The molecule has 0 unspecified atom stereocenters. The largest absolute Gasteiger partial charge is 0.426 e. The number of aryl methyl sites for hydroxylation is 1. The number of rotatable bonds is 2. The molecule has 0 spiro atoms. The molecule has 0 radical (unpaired) electrons. The highest BCUT2D eigenvalue weighted by atomic mass is 79.9. The quantitative estimate of drug-likeness (QED) is 0.203. The maximum atomic E-state index is 13.7. The number of anilines is 1. The van der Waals surface area contributed by atoms with Gasteiger partial charge in [0.1, 0.15) is 5.75 Å². The highest BCUT2D eigenvalue weighted by molar-refractivity contribution is 9.10. The van der Waals surface area contributed by atoms with Crippen LogP contribution in [0.5, 0.6) is 5.75 Å². The van der Waals surface area contributed by atoms with Crippen LogP contribution < -0.4 is 9.64 Å². The van der Waals surface area contributed by atoms with E-state index in [2.05, 4.69) is 41.9 Å². The minimum atomic E-state index is -0.337. The number of esters is 1. The van der Waals surface area contributed by atoms with E-state index < -0.39 is 0 Å². The maximum absolute atomic E-state index is 13.7. The van der Waals surface area contributed by atoms with Gasteiger partial charge in [-0.2, -0.15) is 0 Å². The van der Waals surface area contributed by atoms with Crippen LogP contribution in [0.2, 0.25) is 0 Å². The van der Waals surface area contributed by atoms with Gasteiger partial charge in [0.15, 0.2) is 0 Å². The minimum Gasteiger partial charge on any atom is -0.426 e. The van der Waals surface area contributed by atoms with Gasteiger partial charge in [0, 0.05) is 33.4 Å². The lowest BCUT2D eigenvalue weighted by molar-refractivity contribution is -0.131. The van der Waals surface area contributed by atoms with Gasteiger partial charge in [0.25, 0.3) is 5.91 Å². The van der Waals surface area contributed by atoms with E-state index in [1.165, 1.54) is 12.5 Å². The van der Waals surface area contributed by atoms with E-state index in [0.717, 1.165) is 54.3 Å². The van der Waals surface area contributed by atoms with Crippen molar-refractivity contribution in [3.8, 4) is 16.9 Å². The zero-order chi connectivity index (χ0) is 24.6. The van der Waals surface area contributed by atoms with E-state index >= 15 is 0 Å². The number of benzene rings is 4. The highest BCUT2D eigenvalue weighted by Crippen LogP contribution is 2.56. The Bertz CT molecular complexity index is 1580. The molecule has 0 saturated carbocycles. The molecule has 1 aliphatic heterocycles. The Balaban J connectivity index is 1.64. The number of carbonyl (C=O) groups is 2. The second-order valence-electron chi connectivity index (χ2n) is 9.90. The summed E-state index contributed by atoms with van der Waals surface area (Å²) in [6, 6.07) is 20.1. The summed E-state index contributed by atoms with van der Waals surface area (Å²) in [5.74, 6) is 0.277. The molecule has 0 atom stereocenters. The molecule has 5 heteroatoms. The summed E-state index contributed by atoms with van der Waals surface area (Å²) in [7, 11) is 0. The van der Waals surface area contributed by atoms with Gasteiger partial charge < -0.3 is 9.64 Å². The van der Waals surface area contributed by atoms with E-state index in [0.29, 0.717) is 12.3 Å². The molecule has 2 aliphatic rings. The Hall–Kier alpha value is -3.44. The van der Waals surface area contributed by atoms with Gasteiger partial charge in [0.2, 0.25) is 0 Å². The molecule has 4 nitrogen and oxygen atoms in total. The molecule has 0 aromatic heterocycles. The number of halogens is 1. The lowest BCUT2D eigenvalue weighted by atomic mass is 9.80. The molecule has 4 aromatic rings. The van der Waals surface area contributed by atoms with Gasteiger partial charge in [-0.3, -0.25) is 9.59 Å². The fraction of sp³-hybridized carbons (Fsp3) is 0.200. The first-order valence-corrected chi connectivity index (χ1v) is 12.5. The van der Waals surface area contributed by atoms with Crippen LogP contribution in [-0.2, 0) is 16.8 Å².